The first-order valence-corrected chi connectivity index (χ1v) is 7.90. The zero-order chi connectivity index (χ0) is 17.5. The van der Waals surface area contributed by atoms with Gasteiger partial charge in [-0.1, -0.05) is 53.0 Å². The zero-order valence-electron chi connectivity index (χ0n) is 12.2. The Morgan fingerprint density at radius 1 is 1.04 bits per heavy atom. The summed E-state index contributed by atoms with van der Waals surface area (Å²) in [6.07, 6.45) is 1.41. The van der Waals surface area contributed by atoms with Crippen LogP contribution in [0.4, 0.5) is 0 Å². The van der Waals surface area contributed by atoms with Gasteiger partial charge in [-0.15, -0.1) is 0 Å². The maximum atomic E-state index is 12.0. The molecule has 2 amide bonds. The minimum absolute atomic E-state index is 0.191. The third kappa shape index (κ3) is 5.23. The molecule has 0 fully saturated rings. The van der Waals surface area contributed by atoms with E-state index in [1.54, 1.807) is 30.3 Å². The Morgan fingerprint density at radius 2 is 1.79 bits per heavy atom. The van der Waals surface area contributed by atoms with Crippen molar-refractivity contribution in [1.29, 1.82) is 0 Å². The topological polar surface area (TPSA) is 70.6 Å². The number of nitrogens with one attached hydrogen (secondary N) is 2. The van der Waals surface area contributed by atoms with E-state index in [0.29, 0.717) is 15.6 Å². The summed E-state index contributed by atoms with van der Waals surface area (Å²) in [5, 5.41) is 7.34. The number of carbonyl (C=O) groups is 2. The van der Waals surface area contributed by atoms with Gasteiger partial charge < -0.3 is 5.32 Å². The molecular weight excluding hydrogens is 373 g/mol. The van der Waals surface area contributed by atoms with Crippen LogP contribution in [0.15, 0.2) is 47.6 Å². The van der Waals surface area contributed by atoms with Gasteiger partial charge in [-0.05, 0) is 24.3 Å². The first kappa shape index (κ1) is 18.3. The number of halogens is 3. The summed E-state index contributed by atoms with van der Waals surface area (Å²) < 4.78 is 0. The van der Waals surface area contributed by atoms with E-state index >= 15 is 0 Å². The van der Waals surface area contributed by atoms with Crippen LogP contribution in [0.1, 0.15) is 15.9 Å². The van der Waals surface area contributed by atoms with E-state index in [-0.39, 0.29) is 17.1 Å². The van der Waals surface area contributed by atoms with Crippen LogP contribution in [-0.4, -0.2) is 24.6 Å². The molecule has 2 N–H and O–H groups in total. The normalized spacial score (nSPS) is 10.6. The summed E-state index contributed by atoms with van der Waals surface area (Å²) in [6.45, 7) is -0.262. The molecule has 0 aliphatic heterocycles. The number of carbonyl (C=O) groups excluding carboxylic acids is 2. The second-order valence-corrected chi connectivity index (χ2v) is 5.87. The molecule has 0 spiro atoms. The van der Waals surface area contributed by atoms with Gasteiger partial charge >= 0.3 is 0 Å². The highest BCUT2D eigenvalue weighted by Crippen LogP contribution is 2.20. The minimum atomic E-state index is -0.507. The molecule has 2 aromatic carbocycles. The van der Waals surface area contributed by atoms with E-state index in [0.717, 1.165) is 0 Å². The quantitative estimate of drug-likeness (QED) is 0.611. The molecule has 0 radical (unpaired) electrons. The summed E-state index contributed by atoms with van der Waals surface area (Å²) in [6, 6.07) is 11.5. The van der Waals surface area contributed by atoms with Crippen LogP contribution in [0.5, 0.6) is 0 Å². The Morgan fingerprint density at radius 3 is 2.54 bits per heavy atom. The number of hydrazone groups is 1. The van der Waals surface area contributed by atoms with Gasteiger partial charge in [0.05, 0.1) is 23.3 Å². The van der Waals surface area contributed by atoms with E-state index in [2.05, 4.69) is 15.8 Å². The first-order valence-electron chi connectivity index (χ1n) is 6.77. The molecule has 8 heteroatoms. The smallest absolute Gasteiger partial charge is 0.259 e. The molecule has 0 unspecified atom stereocenters. The van der Waals surface area contributed by atoms with Gasteiger partial charge in [0.1, 0.15) is 0 Å². The van der Waals surface area contributed by atoms with E-state index in [9.17, 15) is 9.59 Å². The summed E-state index contributed by atoms with van der Waals surface area (Å²) in [4.78, 5) is 23.6. The number of nitrogens with zero attached hydrogens (tertiary/aromatic N) is 1. The van der Waals surface area contributed by atoms with Gasteiger partial charge in [-0.2, -0.15) is 5.10 Å². The predicted octanol–water partition coefficient (Wildman–Crippen LogP) is 3.53. The molecule has 0 aliphatic carbocycles. The second-order valence-electron chi connectivity index (χ2n) is 4.62. The highest BCUT2D eigenvalue weighted by molar-refractivity contribution is 6.35. The lowest BCUT2D eigenvalue weighted by atomic mass is 10.2. The molecule has 0 saturated heterocycles. The molecule has 5 nitrogen and oxygen atoms in total. The van der Waals surface area contributed by atoms with Crippen LogP contribution in [0, 0.1) is 0 Å². The lowest BCUT2D eigenvalue weighted by Gasteiger charge is -2.06. The van der Waals surface area contributed by atoms with Crippen molar-refractivity contribution in [3.8, 4) is 0 Å². The number of rotatable bonds is 5. The van der Waals surface area contributed by atoms with Gasteiger partial charge in [-0.3, -0.25) is 9.59 Å². The van der Waals surface area contributed by atoms with E-state index in [1.807, 2.05) is 0 Å². The molecule has 0 aromatic heterocycles. The summed E-state index contributed by atoms with van der Waals surface area (Å²) in [5.74, 6) is -1.00. The number of amides is 2. The average Bonchev–Trinajstić information content (AvgIpc) is 2.56. The summed E-state index contributed by atoms with van der Waals surface area (Å²) in [7, 11) is 0. The SMILES string of the molecule is O=C(CNC(=O)c1cc(Cl)ccc1Cl)N/N=C\c1ccccc1Cl. The first-order chi connectivity index (χ1) is 11.5. The van der Waals surface area contributed by atoms with Crippen molar-refractivity contribution in [1.82, 2.24) is 10.7 Å². The molecule has 0 saturated carbocycles. The Hall–Kier alpha value is -2.08. The van der Waals surface area contributed by atoms with Crippen molar-refractivity contribution in [2.75, 3.05) is 6.54 Å². The fraction of sp³-hybridized carbons (Fsp3) is 0.0625. The third-order valence-electron chi connectivity index (χ3n) is 2.88. The van der Waals surface area contributed by atoms with Crippen LogP contribution in [-0.2, 0) is 4.79 Å². The summed E-state index contributed by atoms with van der Waals surface area (Å²) >= 11 is 17.7. The molecule has 2 rings (SSSR count). The fourth-order valence-corrected chi connectivity index (χ4v) is 2.28. The molecule has 2 aromatic rings. The molecule has 0 aliphatic rings. The lowest BCUT2D eigenvalue weighted by Crippen LogP contribution is -2.35. The zero-order valence-corrected chi connectivity index (χ0v) is 14.5. The van der Waals surface area contributed by atoms with E-state index in [4.69, 9.17) is 34.8 Å². The Kier molecular flexibility index (Phi) is 6.61. The Bertz CT molecular complexity index is 794. The summed E-state index contributed by atoms with van der Waals surface area (Å²) in [5.41, 5.74) is 3.14. The van der Waals surface area contributed by atoms with Crippen LogP contribution in [0.25, 0.3) is 0 Å². The molecule has 0 bridgehead atoms. The van der Waals surface area contributed by atoms with Gasteiger partial charge in [-0.25, -0.2) is 5.43 Å². The maximum Gasteiger partial charge on any atom is 0.259 e. The van der Waals surface area contributed by atoms with Crippen molar-refractivity contribution in [2.24, 2.45) is 5.10 Å². The number of benzene rings is 2. The number of hydrogen-bond acceptors (Lipinski definition) is 3. The van der Waals surface area contributed by atoms with E-state index in [1.165, 1.54) is 18.3 Å². The van der Waals surface area contributed by atoms with Crippen molar-refractivity contribution in [2.45, 2.75) is 0 Å². The standard InChI is InChI=1S/C16H12Cl3N3O2/c17-11-5-6-14(19)12(7-11)16(24)20-9-15(23)22-21-8-10-3-1-2-4-13(10)18/h1-8H,9H2,(H,20,24)(H,22,23)/b21-8-. The molecule has 124 valence electrons. The second kappa shape index (κ2) is 8.68. The minimum Gasteiger partial charge on any atom is -0.343 e. The largest absolute Gasteiger partial charge is 0.343 e. The monoisotopic (exact) mass is 383 g/mol. The lowest BCUT2D eigenvalue weighted by molar-refractivity contribution is -0.120. The number of hydrogen-bond donors (Lipinski definition) is 2. The van der Waals surface area contributed by atoms with Crippen molar-refractivity contribution in [3.05, 3.63) is 68.7 Å². The van der Waals surface area contributed by atoms with Gasteiger partial charge in [0.25, 0.3) is 11.8 Å². The molecular formula is C16H12Cl3N3O2. The van der Waals surface area contributed by atoms with Crippen LogP contribution >= 0.6 is 34.8 Å². The Labute approximate surface area is 153 Å². The fourth-order valence-electron chi connectivity index (χ4n) is 1.72. The molecule has 0 heterocycles. The van der Waals surface area contributed by atoms with Crippen molar-refractivity contribution >= 4 is 52.8 Å². The van der Waals surface area contributed by atoms with Crippen LogP contribution in [0.3, 0.4) is 0 Å². The van der Waals surface area contributed by atoms with Crippen LogP contribution < -0.4 is 10.7 Å². The van der Waals surface area contributed by atoms with Gasteiger partial charge in [0, 0.05) is 15.6 Å². The van der Waals surface area contributed by atoms with Crippen LogP contribution in [0.2, 0.25) is 15.1 Å². The average molecular weight is 385 g/mol. The van der Waals surface area contributed by atoms with Crippen molar-refractivity contribution < 1.29 is 9.59 Å². The van der Waals surface area contributed by atoms with Gasteiger partial charge in [0.15, 0.2) is 0 Å². The third-order valence-corrected chi connectivity index (χ3v) is 3.79. The van der Waals surface area contributed by atoms with E-state index < -0.39 is 11.8 Å². The molecule has 0 atom stereocenters. The maximum absolute atomic E-state index is 12.0. The highest BCUT2D eigenvalue weighted by Gasteiger charge is 2.12. The molecule has 24 heavy (non-hydrogen) atoms. The highest BCUT2D eigenvalue weighted by atomic mass is 35.5. The van der Waals surface area contributed by atoms with Crippen molar-refractivity contribution in [3.63, 3.8) is 0 Å². The Balaban J connectivity index is 1.86. The predicted molar refractivity (Wildman–Crippen MR) is 96.0 cm³/mol. The van der Waals surface area contributed by atoms with Gasteiger partial charge in [0.2, 0.25) is 0 Å².